The van der Waals surface area contributed by atoms with E-state index in [4.69, 9.17) is 14.6 Å². The minimum atomic E-state index is -0.630. The van der Waals surface area contributed by atoms with Crippen LogP contribution in [0.1, 0.15) is 11.1 Å². The summed E-state index contributed by atoms with van der Waals surface area (Å²) in [7, 11) is 1.38. The van der Waals surface area contributed by atoms with Crippen LogP contribution in [0, 0.1) is 10.1 Å². The predicted octanol–water partition coefficient (Wildman–Crippen LogP) is 5.04. The summed E-state index contributed by atoms with van der Waals surface area (Å²) in [5, 5.41) is 18.9. The summed E-state index contributed by atoms with van der Waals surface area (Å²) in [5.41, 5.74) is 1.63. The molecule has 3 rings (SSSR count). The number of benzene rings is 3. The maximum atomic E-state index is 11.4. The number of nitrogens with zero attached hydrogens (tertiary/aromatic N) is 1. The molecule has 0 atom stereocenters. The first kappa shape index (κ1) is 22.9. The minimum absolute atomic E-state index is 0.195. The normalized spacial score (nSPS) is 9.80. The maximum Gasteiger partial charge on any atom is 0.310 e. The van der Waals surface area contributed by atoms with E-state index in [2.05, 4.69) is 15.9 Å². The van der Waals surface area contributed by atoms with Crippen LogP contribution in [0.15, 0.2) is 77.3 Å². The Morgan fingerprint density at radius 2 is 1.73 bits per heavy atom. The van der Waals surface area contributed by atoms with Crippen LogP contribution in [0.4, 0.5) is 5.69 Å². The van der Waals surface area contributed by atoms with Gasteiger partial charge >= 0.3 is 11.7 Å². The Bertz CT molecular complexity index is 994. The number of esters is 1. The summed E-state index contributed by atoms with van der Waals surface area (Å²) >= 11 is 3.40. The second kappa shape index (κ2) is 11.6. The van der Waals surface area contributed by atoms with Crippen LogP contribution in [-0.2, 0) is 22.6 Å². The van der Waals surface area contributed by atoms with Gasteiger partial charge in [0.25, 0.3) is 0 Å². The SMILES string of the molecule is COC(=O)Cc1cc(Br)ccc1OCc1ccccc1.O=[N+]([O-])c1ccccc1O. The number of rotatable bonds is 6. The van der Waals surface area contributed by atoms with Crippen LogP contribution in [0.2, 0.25) is 0 Å². The average Bonchev–Trinajstić information content (AvgIpc) is 2.74. The molecule has 0 spiro atoms. The number of carbonyl (C=O) groups excluding carboxylic acids is 1. The van der Waals surface area contributed by atoms with Crippen LogP contribution in [0.3, 0.4) is 0 Å². The van der Waals surface area contributed by atoms with E-state index in [0.717, 1.165) is 15.6 Å². The molecular formula is C22H20BrNO6. The van der Waals surface area contributed by atoms with E-state index < -0.39 is 4.92 Å². The third-order valence-corrected chi connectivity index (χ3v) is 4.39. The van der Waals surface area contributed by atoms with Gasteiger partial charge < -0.3 is 14.6 Å². The molecule has 0 unspecified atom stereocenters. The van der Waals surface area contributed by atoms with Gasteiger partial charge in [0.2, 0.25) is 0 Å². The Morgan fingerprint density at radius 1 is 1.07 bits per heavy atom. The molecule has 0 radical (unpaired) electrons. The number of nitro benzene ring substituents is 1. The van der Waals surface area contributed by atoms with Crippen LogP contribution in [-0.4, -0.2) is 23.1 Å². The Labute approximate surface area is 182 Å². The molecule has 0 heterocycles. The summed E-state index contributed by atoms with van der Waals surface area (Å²) in [5.74, 6) is 0.114. The van der Waals surface area contributed by atoms with E-state index in [9.17, 15) is 14.9 Å². The lowest BCUT2D eigenvalue weighted by atomic mass is 10.1. The van der Waals surface area contributed by atoms with Crippen LogP contribution in [0.5, 0.6) is 11.5 Å². The molecule has 3 aromatic carbocycles. The van der Waals surface area contributed by atoms with Crippen molar-refractivity contribution in [3.05, 3.63) is 98.5 Å². The number of carbonyl (C=O) groups is 1. The molecule has 0 saturated carbocycles. The van der Waals surface area contributed by atoms with Gasteiger partial charge in [-0.05, 0) is 29.8 Å². The number of hydrogen-bond acceptors (Lipinski definition) is 6. The van der Waals surface area contributed by atoms with Gasteiger partial charge in [-0.25, -0.2) is 0 Å². The molecule has 3 aromatic rings. The Kier molecular flexibility index (Phi) is 8.83. The fourth-order valence-corrected chi connectivity index (χ4v) is 2.82. The number of hydrogen-bond donors (Lipinski definition) is 1. The highest BCUT2D eigenvalue weighted by Gasteiger charge is 2.11. The topological polar surface area (TPSA) is 98.9 Å². The minimum Gasteiger partial charge on any atom is -0.502 e. The van der Waals surface area contributed by atoms with Gasteiger partial charge in [-0.2, -0.15) is 0 Å². The van der Waals surface area contributed by atoms with Gasteiger partial charge in [-0.3, -0.25) is 14.9 Å². The summed E-state index contributed by atoms with van der Waals surface area (Å²) < 4.78 is 11.4. The Hall–Kier alpha value is -3.39. The third kappa shape index (κ3) is 7.21. The lowest BCUT2D eigenvalue weighted by Crippen LogP contribution is -2.07. The average molecular weight is 474 g/mol. The first-order valence-electron chi connectivity index (χ1n) is 8.85. The van der Waals surface area contributed by atoms with Gasteiger partial charge in [0.15, 0.2) is 5.75 Å². The number of phenols is 1. The van der Waals surface area contributed by atoms with Crippen molar-refractivity contribution < 1.29 is 24.3 Å². The predicted molar refractivity (Wildman–Crippen MR) is 115 cm³/mol. The van der Waals surface area contributed by atoms with Crippen molar-refractivity contribution in [1.82, 2.24) is 0 Å². The molecule has 156 valence electrons. The number of methoxy groups -OCH3 is 1. The fraction of sp³-hybridized carbons (Fsp3) is 0.136. The van der Waals surface area contributed by atoms with Gasteiger partial charge in [-0.1, -0.05) is 58.4 Å². The highest BCUT2D eigenvalue weighted by molar-refractivity contribution is 9.10. The molecule has 8 heteroatoms. The molecule has 0 aromatic heterocycles. The summed E-state index contributed by atoms with van der Waals surface area (Å²) in [6, 6.07) is 21.1. The monoisotopic (exact) mass is 473 g/mol. The lowest BCUT2D eigenvalue weighted by molar-refractivity contribution is -0.385. The van der Waals surface area contributed by atoms with E-state index >= 15 is 0 Å². The highest BCUT2D eigenvalue weighted by Crippen LogP contribution is 2.25. The zero-order chi connectivity index (χ0) is 21.9. The van der Waals surface area contributed by atoms with Crippen LogP contribution < -0.4 is 4.74 Å². The molecule has 1 N–H and O–H groups in total. The number of halogens is 1. The number of ether oxygens (including phenoxy) is 2. The lowest BCUT2D eigenvalue weighted by Gasteiger charge is -2.11. The molecule has 30 heavy (non-hydrogen) atoms. The van der Waals surface area contributed by atoms with Crippen LogP contribution >= 0.6 is 15.9 Å². The zero-order valence-electron chi connectivity index (χ0n) is 16.2. The highest BCUT2D eigenvalue weighted by atomic mass is 79.9. The van der Waals surface area contributed by atoms with E-state index in [1.807, 2.05) is 48.5 Å². The van der Waals surface area contributed by atoms with Crippen molar-refractivity contribution in [2.24, 2.45) is 0 Å². The van der Waals surface area contributed by atoms with E-state index in [-0.39, 0.29) is 23.8 Å². The zero-order valence-corrected chi connectivity index (χ0v) is 17.7. The second-order valence-electron chi connectivity index (χ2n) is 6.03. The first-order chi connectivity index (χ1) is 14.4. The summed E-state index contributed by atoms with van der Waals surface area (Å²) in [6.45, 7) is 0.469. The van der Waals surface area contributed by atoms with Crippen molar-refractivity contribution in [3.63, 3.8) is 0 Å². The molecular weight excluding hydrogens is 454 g/mol. The quantitative estimate of drug-likeness (QED) is 0.305. The first-order valence-corrected chi connectivity index (χ1v) is 9.64. The number of aromatic hydroxyl groups is 1. The summed E-state index contributed by atoms with van der Waals surface area (Å²) in [6.07, 6.45) is 0.195. The molecule has 0 fully saturated rings. The number of phenolic OH excluding ortho intramolecular Hbond substituents is 1. The molecule has 0 bridgehead atoms. The molecule has 7 nitrogen and oxygen atoms in total. The standard InChI is InChI=1S/C16H15BrO3.C6H5NO3/c1-19-16(18)10-13-9-14(17)7-8-15(13)20-11-12-5-3-2-4-6-12;8-6-4-2-1-3-5(6)7(9)10/h2-9H,10-11H2,1H3;1-4,8H. The Balaban J connectivity index is 0.000000269. The number of para-hydroxylation sites is 2. The Morgan fingerprint density at radius 3 is 2.33 bits per heavy atom. The largest absolute Gasteiger partial charge is 0.502 e. The smallest absolute Gasteiger partial charge is 0.310 e. The number of nitro groups is 1. The van der Waals surface area contributed by atoms with E-state index in [1.165, 1.54) is 31.4 Å². The van der Waals surface area contributed by atoms with Gasteiger partial charge in [-0.15, -0.1) is 0 Å². The van der Waals surface area contributed by atoms with E-state index in [0.29, 0.717) is 12.4 Å². The van der Waals surface area contributed by atoms with Gasteiger partial charge in [0.1, 0.15) is 12.4 Å². The molecule has 0 aliphatic carbocycles. The van der Waals surface area contributed by atoms with Crippen LogP contribution in [0.25, 0.3) is 0 Å². The third-order valence-electron chi connectivity index (χ3n) is 3.90. The molecule has 0 saturated heterocycles. The van der Waals surface area contributed by atoms with Crippen molar-refractivity contribution in [1.29, 1.82) is 0 Å². The fourth-order valence-electron chi connectivity index (χ4n) is 2.41. The van der Waals surface area contributed by atoms with Gasteiger partial charge in [0.05, 0.1) is 18.5 Å². The van der Waals surface area contributed by atoms with E-state index in [1.54, 1.807) is 0 Å². The van der Waals surface area contributed by atoms with Gasteiger partial charge in [0, 0.05) is 16.1 Å². The van der Waals surface area contributed by atoms with Crippen molar-refractivity contribution in [3.8, 4) is 11.5 Å². The maximum absolute atomic E-state index is 11.4. The second-order valence-corrected chi connectivity index (χ2v) is 6.94. The molecule has 0 amide bonds. The van der Waals surface area contributed by atoms with Crippen molar-refractivity contribution in [2.45, 2.75) is 13.0 Å². The van der Waals surface area contributed by atoms with Crippen molar-refractivity contribution >= 4 is 27.6 Å². The molecule has 0 aliphatic rings. The summed E-state index contributed by atoms with van der Waals surface area (Å²) in [4.78, 5) is 20.9. The molecule has 0 aliphatic heterocycles. The van der Waals surface area contributed by atoms with Crippen molar-refractivity contribution in [2.75, 3.05) is 7.11 Å².